The Morgan fingerprint density at radius 2 is 2.07 bits per heavy atom. The zero-order chi connectivity index (χ0) is 19.4. The van der Waals surface area contributed by atoms with Crippen molar-refractivity contribution in [3.8, 4) is 17.4 Å². The minimum atomic E-state index is -0.341. The number of nitrogens with zero attached hydrogens (tertiary/aromatic N) is 5. The highest BCUT2D eigenvalue weighted by Crippen LogP contribution is 2.27. The van der Waals surface area contributed by atoms with Gasteiger partial charge in [-0.15, -0.1) is 5.10 Å². The van der Waals surface area contributed by atoms with Crippen molar-refractivity contribution in [1.29, 1.82) is 0 Å². The summed E-state index contributed by atoms with van der Waals surface area (Å²) in [7, 11) is 1.49. The summed E-state index contributed by atoms with van der Waals surface area (Å²) < 4.78 is 12.4. The first-order valence-electron chi connectivity index (χ1n) is 8.09. The van der Waals surface area contributed by atoms with Crippen LogP contribution in [0.3, 0.4) is 0 Å². The molecule has 0 radical (unpaired) electrons. The molecule has 0 aliphatic carbocycles. The molecule has 3 rings (SSSR count). The Balaban J connectivity index is 1.98. The summed E-state index contributed by atoms with van der Waals surface area (Å²) in [5, 5.41) is 7.66. The van der Waals surface area contributed by atoms with Gasteiger partial charge >= 0.3 is 0 Å². The number of aryl methyl sites for hydroxylation is 2. The molecule has 27 heavy (non-hydrogen) atoms. The molecule has 0 amide bonds. The molecule has 0 spiro atoms. The molecule has 8 nitrogen and oxygen atoms in total. The number of aromatic nitrogens is 4. The van der Waals surface area contributed by atoms with Gasteiger partial charge < -0.3 is 9.47 Å². The van der Waals surface area contributed by atoms with Crippen LogP contribution in [0.25, 0.3) is 4.85 Å². The molecule has 136 valence electrons. The summed E-state index contributed by atoms with van der Waals surface area (Å²) in [6.07, 6.45) is 2.98. The highest BCUT2D eigenvalue weighted by molar-refractivity contribution is 5.52. The Labute approximate surface area is 155 Å². The van der Waals surface area contributed by atoms with Crippen LogP contribution in [0, 0.1) is 20.4 Å². The molecule has 0 fully saturated rings. The van der Waals surface area contributed by atoms with Crippen molar-refractivity contribution in [2.75, 3.05) is 7.11 Å². The molecule has 0 aliphatic heterocycles. The van der Waals surface area contributed by atoms with Gasteiger partial charge in [-0.25, -0.2) is 9.83 Å². The van der Waals surface area contributed by atoms with E-state index >= 15 is 0 Å². The Hall–Kier alpha value is -3.73. The summed E-state index contributed by atoms with van der Waals surface area (Å²) in [5.41, 5.74) is 2.12. The fraction of sp³-hybridized carbons (Fsp3) is 0.211. The molecule has 2 aromatic heterocycles. The van der Waals surface area contributed by atoms with E-state index in [9.17, 15) is 4.79 Å². The van der Waals surface area contributed by atoms with E-state index in [2.05, 4.69) is 20.0 Å². The highest BCUT2D eigenvalue weighted by atomic mass is 16.5. The van der Waals surface area contributed by atoms with Gasteiger partial charge in [-0.1, -0.05) is 11.6 Å². The molecule has 2 heterocycles. The Morgan fingerprint density at radius 3 is 2.81 bits per heavy atom. The molecule has 8 heteroatoms. The second-order valence-corrected chi connectivity index (χ2v) is 5.88. The van der Waals surface area contributed by atoms with Gasteiger partial charge in [-0.2, -0.15) is 5.10 Å². The molecule has 0 bridgehead atoms. The summed E-state index contributed by atoms with van der Waals surface area (Å²) in [6, 6.07) is 6.82. The number of hydrogen-bond donors (Lipinski definition) is 0. The van der Waals surface area contributed by atoms with E-state index < -0.39 is 0 Å². The SMILES string of the molecule is [C-]#[N+]c1cc(C)cc(Oc2c(C)ncn(Cc3ccnnc3OC)c2=O)c1. The standard InChI is InChI=1S/C19H17N5O3/c1-12-7-15(20-3)9-16(8-12)27-17-13(2)21-11-24(19(17)25)10-14-5-6-22-23-18(14)26-4/h5-9,11H,10H2,1-2,4H3. The van der Waals surface area contributed by atoms with Gasteiger partial charge in [-0.3, -0.25) is 9.36 Å². The van der Waals surface area contributed by atoms with E-state index in [0.717, 1.165) is 5.56 Å². The van der Waals surface area contributed by atoms with E-state index in [1.807, 2.05) is 6.92 Å². The maximum Gasteiger partial charge on any atom is 0.296 e. The van der Waals surface area contributed by atoms with Crippen molar-refractivity contribution < 1.29 is 9.47 Å². The van der Waals surface area contributed by atoms with Crippen LogP contribution in [0.4, 0.5) is 5.69 Å². The van der Waals surface area contributed by atoms with Crippen LogP contribution in [-0.2, 0) is 6.54 Å². The van der Waals surface area contributed by atoms with Crippen molar-refractivity contribution in [2.45, 2.75) is 20.4 Å². The zero-order valence-corrected chi connectivity index (χ0v) is 15.1. The number of methoxy groups -OCH3 is 1. The smallest absolute Gasteiger partial charge is 0.296 e. The molecule has 0 atom stereocenters. The summed E-state index contributed by atoms with van der Waals surface area (Å²) >= 11 is 0. The molecule has 0 aliphatic rings. The van der Waals surface area contributed by atoms with Crippen LogP contribution in [0.5, 0.6) is 17.4 Å². The largest absolute Gasteiger partial charge is 0.480 e. The van der Waals surface area contributed by atoms with Crippen molar-refractivity contribution in [3.63, 3.8) is 0 Å². The molecule has 0 saturated heterocycles. The van der Waals surface area contributed by atoms with Gasteiger partial charge in [0, 0.05) is 5.56 Å². The van der Waals surface area contributed by atoms with Crippen LogP contribution in [0.1, 0.15) is 16.8 Å². The van der Waals surface area contributed by atoms with Crippen LogP contribution in [-0.4, -0.2) is 26.9 Å². The first-order valence-corrected chi connectivity index (χ1v) is 8.09. The summed E-state index contributed by atoms with van der Waals surface area (Å²) in [6.45, 7) is 10.9. The van der Waals surface area contributed by atoms with Gasteiger partial charge in [0.05, 0.1) is 38.4 Å². The fourth-order valence-corrected chi connectivity index (χ4v) is 2.57. The topological polar surface area (TPSA) is 83.5 Å². The number of hydrogen-bond acceptors (Lipinski definition) is 6. The molecular formula is C19H17N5O3. The third kappa shape index (κ3) is 3.93. The Kier molecular flexibility index (Phi) is 5.13. The van der Waals surface area contributed by atoms with Crippen LogP contribution in [0.15, 0.2) is 41.6 Å². The maximum atomic E-state index is 12.9. The zero-order valence-electron chi connectivity index (χ0n) is 15.1. The lowest BCUT2D eigenvalue weighted by Gasteiger charge is -2.12. The average Bonchev–Trinajstić information content (AvgIpc) is 2.67. The first-order chi connectivity index (χ1) is 13.0. The minimum Gasteiger partial charge on any atom is -0.480 e. The molecule has 3 aromatic rings. The van der Waals surface area contributed by atoms with E-state index in [-0.39, 0.29) is 17.9 Å². The normalized spacial score (nSPS) is 10.3. The van der Waals surface area contributed by atoms with Gasteiger partial charge in [0.2, 0.25) is 11.6 Å². The van der Waals surface area contributed by atoms with E-state index in [4.69, 9.17) is 16.0 Å². The van der Waals surface area contributed by atoms with Crippen molar-refractivity contribution in [3.05, 3.63) is 75.4 Å². The molecular weight excluding hydrogens is 346 g/mol. The third-order valence-corrected chi connectivity index (χ3v) is 3.86. The van der Waals surface area contributed by atoms with Gasteiger partial charge in [0.25, 0.3) is 5.56 Å². The van der Waals surface area contributed by atoms with E-state index in [0.29, 0.717) is 28.6 Å². The van der Waals surface area contributed by atoms with Crippen molar-refractivity contribution in [2.24, 2.45) is 0 Å². The second kappa shape index (κ2) is 7.66. The molecule has 0 N–H and O–H groups in total. The van der Waals surface area contributed by atoms with Gasteiger partial charge in [0.1, 0.15) is 5.75 Å². The number of benzene rings is 1. The maximum absolute atomic E-state index is 12.9. The average molecular weight is 363 g/mol. The van der Waals surface area contributed by atoms with E-state index in [1.165, 1.54) is 24.2 Å². The first kappa shape index (κ1) is 18.1. The predicted octanol–water partition coefficient (Wildman–Crippen LogP) is 3.05. The third-order valence-electron chi connectivity index (χ3n) is 3.86. The number of ether oxygens (including phenoxy) is 2. The molecule has 0 unspecified atom stereocenters. The van der Waals surface area contributed by atoms with Crippen molar-refractivity contribution >= 4 is 5.69 Å². The van der Waals surface area contributed by atoms with Crippen LogP contribution in [0.2, 0.25) is 0 Å². The second-order valence-electron chi connectivity index (χ2n) is 5.88. The monoisotopic (exact) mass is 363 g/mol. The number of rotatable bonds is 5. The highest BCUT2D eigenvalue weighted by Gasteiger charge is 2.14. The Morgan fingerprint density at radius 1 is 1.26 bits per heavy atom. The lowest BCUT2D eigenvalue weighted by Crippen LogP contribution is -2.23. The summed E-state index contributed by atoms with van der Waals surface area (Å²) in [4.78, 5) is 20.6. The van der Waals surface area contributed by atoms with Crippen LogP contribution >= 0.6 is 0 Å². The Bertz CT molecular complexity index is 1090. The van der Waals surface area contributed by atoms with Crippen molar-refractivity contribution in [1.82, 2.24) is 19.7 Å². The fourth-order valence-electron chi connectivity index (χ4n) is 2.57. The molecule has 0 saturated carbocycles. The van der Waals surface area contributed by atoms with Gasteiger partial charge in [0.15, 0.2) is 5.69 Å². The lowest BCUT2D eigenvalue weighted by atomic mass is 10.2. The predicted molar refractivity (Wildman–Crippen MR) is 98.4 cm³/mol. The van der Waals surface area contributed by atoms with Gasteiger partial charge in [-0.05, 0) is 32.0 Å². The molecule has 1 aromatic carbocycles. The lowest BCUT2D eigenvalue weighted by molar-refractivity contribution is 0.384. The van der Waals surface area contributed by atoms with Crippen LogP contribution < -0.4 is 15.0 Å². The summed E-state index contributed by atoms with van der Waals surface area (Å²) in [5.74, 6) is 0.872. The minimum absolute atomic E-state index is 0.111. The van der Waals surface area contributed by atoms with E-state index in [1.54, 1.807) is 31.2 Å². The quantitative estimate of drug-likeness (QED) is 0.648.